The van der Waals surface area contributed by atoms with Gasteiger partial charge < -0.3 is 14.2 Å². The van der Waals surface area contributed by atoms with E-state index in [4.69, 9.17) is 14.2 Å². The van der Waals surface area contributed by atoms with E-state index in [1.165, 1.54) is 193 Å². The molecular formula is C71H124O6. The van der Waals surface area contributed by atoms with Crippen LogP contribution in [-0.2, 0) is 28.6 Å². The highest BCUT2D eigenvalue weighted by Crippen LogP contribution is 2.16. The zero-order valence-corrected chi connectivity index (χ0v) is 51.0. The number of esters is 3. The Bertz CT molecular complexity index is 1470. The summed E-state index contributed by atoms with van der Waals surface area (Å²) in [5.74, 6) is -0.882. The second-order valence-electron chi connectivity index (χ2n) is 22.0. The second-order valence-corrected chi connectivity index (χ2v) is 22.0. The Morgan fingerprint density at radius 1 is 0.273 bits per heavy atom. The normalized spacial score (nSPS) is 12.6. The molecule has 0 heterocycles. The van der Waals surface area contributed by atoms with Gasteiger partial charge in [-0.25, -0.2) is 0 Å². The standard InChI is InChI=1S/C71H124O6/c1-4-7-10-13-16-19-22-25-28-30-32-33-34-35-36-37-38-39-40-42-43-46-49-52-55-58-61-64-70(73)76-67-68(66-75-69(72)63-60-57-54-51-48-45-27-24-21-18-15-12-9-6-3)77-71(74)65-62-59-56-53-50-47-44-41-31-29-26-23-20-17-14-11-8-5-2/h7,10,16,19,24-25,27-29,31-33,35-36,68H,4-6,8-9,11-15,17-18,20-23,26,30,34,37-67H2,1-3H3/b10-7-,19-16-,27-24-,28-25-,31-29-,33-32-,36-35-. The fourth-order valence-corrected chi connectivity index (χ4v) is 9.40. The lowest BCUT2D eigenvalue weighted by atomic mass is 10.0. The van der Waals surface area contributed by atoms with Crippen molar-refractivity contribution in [2.24, 2.45) is 0 Å². The summed E-state index contributed by atoms with van der Waals surface area (Å²) >= 11 is 0. The lowest BCUT2D eigenvalue weighted by molar-refractivity contribution is -0.167. The molecule has 0 aromatic heterocycles. The lowest BCUT2D eigenvalue weighted by Gasteiger charge is -2.18. The maximum Gasteiger partial charge on any atom is 0.306 e. The Labute approximate surface area is 477 Å². The Kier molecular flexibility index (Phi) is 62.2. The molecule has 0 bridgehead atoms. The van der Waals surface area contributed by atoms with Crippen LogP contribution in [0.25, 0.3) is 0 Å². The van der Waals surface area contributed by atoms with Crippen molar-refractivity contribution in [3.05, 3.63) is 85.1 Å². The first-order chi connectivity index (χ1) is 38.0. The first-order valence-electron chi connectivity index (χ1n) is 33.1. The molecule has 1 atom stereocenters. The average molecular weight is 1070 g/mol. The van der Waals surface area contributed by atoms with Crippen molar-refractivity contribution < 1.29 is 28.6 Å². The highest BCUT2D eigenvalue weighted by atomic mass is 16.6. The van der Waals surface area contributed by atoms with E-state index in [-0.39, 0.29) is 31.1 Å². The van der Waals surface area contributed by atoms with Crippen LogP contribution in [0.5, 0.6) is 0 Å². The summed E-state index contributed by atoms with van der Waals surface area (Å²) in [5, 5.41) is 0. The lowest BCUT2D eigenvalue weighted by Crippen LogP contribution is -2.30. The minimum Gasteiger partial charge on any atom is -0.462 e. The van der Waals surface area contributed by atoms with Crippen molar-refractivity contribution in [3.63, 3.8) is 0 Å². The first kappa shape index (κ1) is 73.6. The predicted octanol–water partition coefficient (Wildman–Crippen LogP) is 22.7. The Morgan fingerprint density at radius 2 is 0.506 bits per heavy atom. The third-order valence-electron chi connectivity index (χ3n) is 14.4. The number of rotatable bonds is 60. The Balaban J connectivity index is 4.31. The number of hydrogen-bond acceptors (Lipinski definition) is 6. The van der Waals surface area contributed by atoms with Gasteiger partial charge in [0.2, 0.25) is 0 Å². The van der Waals surface area contributed by atoms with Crippen molar-refractivity contribution in [2.75, 3.05) is 13.2 Å². The maximum atomic E-state index is 12.9. The number of unbranched alkanes of at least 4 members (excludes halogenated alkanes) is 35. The van der Waals surface area contributed by atoms with Gasteiger partial charge in [0.25, 0.3) is 0 Å². The molecule has 0 spiro atoms. The van der Waals surface area contributed by atoms with Gasteiger partial charge in [-0.1, -0.05) is 279 Å². The van der Waals surface area contributed by atoms with Crippen LogP contribution < -0.4 is 0 Å². The molecule has 6 nitrogen and oxygen atoms in total. The van der Waals surface area contributed by atoms with Gasteiger partial charge in [0.05, 0.1) is 0 Å². The van der Waals surface area contributed by atoms with Crippen LogP contribution in [0.3, 0.4) is 0 Å². The average Bonchev–Trinajstić information content (AvgIpc) is 3.43. The fourth-order valence-electron chi connectivity index (χ4n) is 9.40. The molecule has 1 unspecified atom stereocenters. The molecule has 0 N–H and O–H groups in total. The van der Waals surface area contributed by atoms with Gasteiger partial charge in [-0.05, 0) is 116 Å². The van der Waals surface area contributed by atoms with Crippen LogP contribution in [0.1, 0.15) is 329 Å². The first-order valence-corrected chi connectivity index (χ1v) is 33.1. The molecule has 6 heteroatoms. The molecule has 77 heavy (non-hydrogen) atoms. The minimum absolute atomic E-state index is 0.0805. The third-order valence-corrected chi connectivity index (χ3v) is 14.4. The van der Waals surface area contributed by atoms with Gasteiger partial charge in [0.1, 0.15) is 13.2 Å². The third kappa shape index (κ3) is 63.3. The zero-order chi connectivity index (χ0) is 55.7. The SMILES string of the molecule is CC/C=C\C/C=C\C/C=C\C/C=C\C/C=C\CCCCCCCCCCCCCC(=O)OCC(COC(=O)CCCCCCC/C=C\CCCCCCC)OC(=O)CCCCCCCCC/C=C\CCCCCCCCC. The Morgan fingerprint density at radius 3 is 0.805 bits per heavy atom. The predicted molar refractivity (Wildman–Crippen MR) is 334 cm³/mol. The van der Waals surface area contributed by atoms with Gasteiger partial charge >= 0.3 is 17.9 Å². The molecule has 0 fully saturated rings. The molecular weight excluding hydrogens is 949 g/mol. The van der Waals surface area contributed by atoms with Gasteiger partial charge in [0, 0.05) is 19.3 Å². The number of carbonyl (C=O) groups is 3. The molecule has 0 amide bonds. The molecule has 0 aliphatic carbocycles. The summed E-state index contributed by atoms with van der Waals surface area (Å²) < 4.78 is 16.9. The number of ether oxygens (including phenoxy) is 3. The van der Waals surface area contributed by atoms with E-state index in [0.717, 1.165) is 96.3 Å². The quantitative estimate of drug-likeness (QED) is 0.0261. The van der Waals surface area contributed by atoms with Crippen molar-refractivity contribution in [3.8, 4) is 0 Å². The summed E-state index contributed by atoms with van der Waals surface area (Å²) in [5.41, 5.74) is 0. The van der Waals surface area contributed by atoms with E-state index < -0.39 is 6.10 Å². The van der Waals surface area contributed by atoms with Crippen LogP contribution >= 0.6 is 0 Å². The summed E-state index contributed by atoms with van der Waals surface area (Å²) in [4.78, 5) is 38.3. The van der Waals surface area contributed by atoms with E-state index in [2.05, 4.69) is 106 Å². The van der Waals surface area contributed by atoms with E-state index in [1.54, 1.807) is 0 Å². The van der Waals surface area contributed by atoms with Crippen molar-refractivity contribution in [2.45, 2.75) is 335 Å². The number of carbonyl (C=O) groups excluding carboxylic acids is 3. The van der Waals surface area contributed by atoms with Crippen LogP contribution in [0, 0.1) is 0 Å². The van der Waals surface area contributed by atoms with E-state index in [9.17, 15) is 14.4 Å². The highest BCUT2D eigenvalue weighted by Gasteiger charge is 2.19. The minimum atomic E-state index is -0.784. The van der Waals surface area contributed by atoms with Crippen LogP contribution in [-0.4, -0.2) is 37.2 Å². The summed E-state index contributed by atoms with van der Waals surface area (Å²) in [6.45, 7) is 6.54. The largest absolute Gasteiger partial charge is 0.462 e. The molecule has 0 saturated carbocycles. The van der Waals surface area contributed by atoms with Crippen LogP contribution in [0.15, 0.2) is 85.1 Å². The zero-order valence-electron chi connectivity index (χ0n) is 51.0. The monoisotopic (exact) mass is 1070 g/mol. The van der Waals surface area contributed by atoms with Gasteiger partial charge in [-0.15, -0.1) is 0 Å². The molecule has 0 aromatic carbocycles. The van der Waals surface area contributed by atoms with E-state index in [1.807, 2.05) is 0 Å². The molecule has 0 aromatic rings. The molecule has 444 valence electrons. The highest BCUT2D eigenvalue weighted by molar-refractivity contribution is 5.71. The second kappa shape index (κ2) is 65.1. The topological polar surface area (TPSA) is 78.9 Å². The number of hydrogen-bond donors (Lipinski definition) is 0. The number of allylic oxidation sites excluding steroid dienone is 14. The van der Waals surface area contributed by atoms with Gasteiger partial charge in [-0.2, -0.15) is 0 Å². The van der Waals surface area contributed by atoms with E-state index >= 15 is 0 Å². The fraction of sp³-hybridized carbons (Fsp3) is 0.761. The van der Waals surface area contributed by atoms with Gasteiger partial charge in [-0.3, -0.25) is 14.4 Å². The molecule has 0 radical (unpaired) electrons. The summed E-state index contributed by atoms with van der Waals surface area (Å²) in [7, 11) is 0. The maximum absolute atomic E-state index is 12.9. The van der Waals surface area contributed by atoms with Crippen molar-refractivity contribution >= 4 is 17.9 Å². The van der Waals surface area contributed by atoms with Crippen LogP contribution in [0.4, 0.5) is 0 Å². The molecule has 0 aliphatic heterocycles. The Hall–Kier alpha value is -3.41. The van der Waals surface area contributed by atoms with Crippen molar-refractivity contribution in [1.29, 1.82) is 0 Å². The van der Waals surface area contributed by atoms with Gasteiger partial charge in [0.15, 0.2) is 6.10 Å². The summed E-state index contributed by atoms with van der Waals surface area (Å²) in [6, 6.07) is 0. The molecule has 0 saturated heterocycles. The van der Waals surface area contributed by atoms with E-state index in [0.29, 0.717) is 19.3 Å². The van der Waals surface area contributed by atoms with Crippen molar-refractivity contribution in [1.82, 2.24) is 0 Å². The molecule has 0 rings (SSSR count). The summed E-state index contributed by atoms with van der Waals surface area (Å²) in [6.07, 6.45) is 85.9. The van der Waals surface area contributed by atoms with Crippen LogP contribution in [0.2, 0.25) is 0 Å². The molecule has 0 aliphatic rings. The smallest absolute Gasteiger partial charge is 0.306 e.